The number of aromatic nitrogens is 1. The Hall–Kier alpha value is -1.42. The van der Waals surface area contributed by atoms with E-state index < -0.39 is 0 Å². The highest BCUT2D eigenvalue weighted by Crippen LogP contribution is 2.10. The molecule has 0 aromatic carbocycles. The molecule has 1 aromatic heterocycles. The molecule has 4 heteroatoms. The molecule has 0 aliphatic carbocycles. The highest BCUT2D eigenvalue weighted by molar-refractivity contribution is 5.74. The van der Waals surface area contributed by atoms with Crippen LogP contribution in [0.2, 0.25) is 0 Å². The zero-order valence-corrected chi connectivity index (χ0v) is 8.89. The van der Waals surface area contributed by atoms with Crippen molar-refractivity contribution >= 4 is 12.1 Å². The van der Waals surface area contributed by atoms with E-state index in [2.05, 4.69) is 11.9 Å². The van der Waals surface area contributed by atoms with Crippen LogP contribution in [0.1, 0.15) is 23.7 Å². The minimum atomic E-state index is 0.108. The van der Waals surface area contributed by atoms with Crippen LogP contribution in [0.4, 0.5) is 5.82 Å². The van der Waals surface area contributed by atoms with Gasteiger partial charge >= 0.3 is 0 Å². The van der Waals surface area contributed by atoms with Gasteiger partial charge in [-0.1, -0.05) is 6.92 Å². The van der Waals surface area contributed by atoms with Crippen LogP contribution in [0.5, 0.6) is 0 Å². The molecule has 0 spiro atoms. The van der Waals surface area contributed by atoms with E-state index in [0.29, 0.717) is 12.1 Å². The molecular formula is C11H16N2O2. The van der Waals surface area contributed by atoms with Crippen molar-refractivity contribution < 1.29 is 9.90 Å². The Morgan fingerprint density at radius 3 is 2.73 bits per heavy atom. The quantitative estimate of drug-likeness (QED) is 0.711. The molecule has 0 amide bonds. The third kappa shape index (κ3) is 3.32. The first kappa shape index (κ1) is 11.7. The molecule has 1 heterocycles. The van der Waals surface area contributed by atoms with E-state index in [1.807, 2.05) is 4.90 Å². The maximum Gasteiger partial charge on any atom is 0.151 e. The second-order valence-corrected chi connectivity index (χ2v) is 3.28. The molecule has 82 valence electrons. The van der Waals surface area contributed by atoms with Crippen LogP contribution in [0, 0.1) is 0 Å². The van der Waals surface area contributed by atoms with Gasteiger partial charge in [0.1, 0.15) is 5.82 Å². The number of hydrogen-bond donors (Lipinski definition) is 1. The Morgan fingerprint density at radius 2 is 2.27 bits per heavy atom. The molecule has 4 nitrogen and oxygen atoms in total. The Morgan fingerprint density at radius 1 is 1.47 bits per heavy atom. The van der Waals surface area contributed by atoms with Gasteiger partial charge in [0.25, 0.3) is 0 Å². The molecule has 0 radical (unpaired) electrons. The minimum Gasteiger partial charge on any atom is -0.395 e. The third-order valence-corrected chi connectivity index (χ3v) is 2.09. The van der Waals surface area contributed by atoms with Gasteiger partial charge in [-0.15, -0.1) is 0 Å². The second-order valence-electron chi connectivity index (χ2n) is 3.28. The lowest BCUT2D eigenvalue weighted by molar-refractivity contribution is 0.112. The summed E-state index contributed by atoms with van der Waals surface area (Å²) >= 11 is 0. The average Bonchev–Trinajstić information content (AvgIpc) is 2.29. The molecule has 0 bridgehead atoms. The summed E-state index contributed by atoms with van der Waals surface area (Å²) in [6.07, 6.45) is 3.31. The maximum absolute atomic E-state index is 10.4. The van der Waals surface area contributed by atoms with Crippen molar-refractivity contribution in [1.82, 2.24) is 4.98 Å². The van der Waals surface area contributed by atoms with E-state index in [-0.39, 0.29) is 6.61 Å². The summed E-state index contributed by atoms with van der Waals surface area (Å²) in [4.78, 5) is 16.6. The number of aldehydes is 1. The summed E-state index contributed by atoms with van der Waals surface area (Å²) in [6.45, 7) is 3.61. The van der Waals surface area contributed by atoms with E-state index in [1.54, 1.807) is 18.3 Å². The summed E-state index contributed by atoms with van der Waals surface area (Å²) in [5, 5.41) is 8.90. The lowest BCUT2D eigenvalue weighted by Crippen LogP contribution is -2.28. The molecule has 15 heavy (non-hydrogen) atoms. The highest BCUT2D eigenvalue weighted by atomic mass is 16.3. The van der Waals surface area contributed by atoms with Crippen LogP contribution < -0.4 is 4.90 Å². The summed E-state index contributed by atoms with van der Waals surface area (Å²) in [6, 6.07) is 3.53. The highest BCUT2D eigenvalue weighted by Gasteiger charge is 2.05. The summed E-state index contributed by atoms with van der Waals surface area (Å²) in [7, 11) is 0. The van der Waals surface area contributed by atoms with Crippen molar-refractivity contribution in [2.24, 2.45) is 0 Å². The van der Waals surface area contributed by atoms with Gasteiger partial charge in [0.05, 0.1) is 6.61 Å². The Kier molecular flexibility index (Phi) is 4.77. The number of aliphatic hydroxyl groups is 1. The molecular weight excluding hydrogens is 192 g/mol. The number of nitrogens with zero attached hydrogens (tertiary/aromatic N) is 2. The van der Waals surface area contributed by atoms with Crippen molar-refractivity contribution in [3.05, 3.63) is 23.9 Å². The van der Waals surface area contributed by atoms with Crippen LogP contribution in [0.25, 0.3) is 0 Å². The fourth-order valence-electron chi connectivity index (χ4n) is 1.39. The van der Waals surface area contributed by atoms with Crippen LogP contribution in [-0.2, 0) is 0 Å². The van der Waals surface area contributed by atoms with Crippen LogP contribution in [0.3, 0.4) is 0 Å². The van der Waals surface area contributed by atoms with E-state index in [9.17, 15) is 4.79 Å². The number of carbonyl (C=O) groups is 1. The first-order valence-electron chi connectivity index (χ1n) is 5.08. The van der Waals surface area contributed by atoms with Gasteiger partial charge in [-0.2, -0.15) is 0 Å². The lowest BCUT2D eigenvalue weighted by atomic mass is 10.3. The smallest absolute Gasteiger partial charge is 0.151 e. The van der Waals surface area contributed by atoms with Crippen molar-refractivity contribution in [2.45, 2.75) is 13.3 Å². The standard InChI is InChI=1S/C11H16N2O2/c1-2-5-13(6-7-14)11-4-3-10(9-15)8-12-11/h3-4,8-9,14H,2,5-7H2,1H3. The summed E-state index contributed by atoms with van der Waals surface area (Å²) in [5.41, 5.74) is 0.569. The van der Waals surface area contributed by atoms with Crippen LogP contribution in [-0.4, -0.2) is 36.1 Å². The molecule has 0 aliphatic heterocycles. The van der Waals surface area contributed by atoms with Gasteiger partial charge in [0.15, 0.2) is 6.29 Å². The van der Waals surface area contributed by atoms with Crippen molar-refractivity contribution in [1.29, 1.82) is 0 Å². The number of hydrogen-bond acceptors (Lipinski definition) is 4. The van der Waals surface area contributed by atoms with E-state index in [0.717, 1.165) is 25.1 Å². The first-order chi connectivity index (χ1) is 7.31. The first-order valence-corrected chi connectivity index (χ1v) is 5.08. The Balaban J connectivity index is 2.76. The number of anilines is 1. The number of carbonyl (C=O) groups excluding carboxylic acids is 1. The molecule has 1 aromatic rings. The normalized spacial score (nSPS) is 10.0. The monoisotopic (exact) mass is 208 g/mol. The Bertz CT molecular complexity index is 292. The lowest BCUT2D eigenvalue weighted by Gasteiger charge is -2.21. The topological polar surface area (TPSA) is 53.4 Å². The second kappa shape index (κ2) is 6.14. The third-order valence-electron chi connectivity index (χ3n) is 2.09. The fourth-order valence-corrected chi connectivity index (χ4v) is 1.39. The van der Waals surface area contributed by atoms with Gasteiger partial charge < -0.3 is 10.0 Å². The van der Waals surface area contributed by atoms with Crippen molar-refractivity contribution in [2.75, 3.05) is 24.6 Å². The molecule has 0 aliphatic rings. The predicted octanol–water partition coefficient (Wildman–Crippen LogP) is 1.10. The van der Waals surface area contributed by atoms with E-state index in [4.69, 9.17) is 5.11 Å². The molecule has 0 unspecified atom stereocenters. The fraction of sp³-hybridized carbons (Fsp3) is 0.455. The molecule has 0 atom stereocenters. The molecule has 0 saturated heterocycles. The number of pyridine rings is 1. The van der Waals surface area contributed by atoms with Crippen LogP contribution >= 0.6 is 0 Å². The molecule has 1 N–H and O–H groups in total. The predicted molar refractivity (Wildman–Crippen MR) is 59.2 cm³/mol. The summed E-state index contributed by atoms with van der Waals surface area (Å²) < 4.78 is 0. The Labute approximate surface area is 89.6 Å². The minimum absolute atomic E-state index is 0.108. The SMILES string of the molecule is CCCN(CCO)c1ccc(C=O)cn1. The average molecular weight is 208 g/mol. The van der Waals surface area contributed by atoms with Gasteiger partial charge in [0.2, 0.25) is 0 Å². The molecule has 1 rings (SSSR count). The maximum atomic E-state index is 10.4. The van der Waals surface area contributed by atoms with Gasteiger partial charge in [-0.25, -0.2) is 4.98 Å². The van der Waals surface area contributed by atoms with Crippen molar-refractivity contribution in [3.8, 4) is 0 Å². The van der Waals surface area contributed by atoms with E-state index >= 15 is 0 Å². The number of rotatable bonds is 6. The van der Waals surface area contributed by atoms with E-state index in [1.165, 1.54) is 0 Å². The van der Waals surface area contributed by atoms with Gasteiger partial charge in [0, 0.05) is 24.8 Å². The zero-order chi connectivity index (χ0) is 11.1. The molecule has 0 saturated carbocycles. The van der Waals surface area contributed by atoms with Crippen LogP contribution in [0.15, 0.2) is 18.3 Å². The summed E-state index contributed by atoms with van der Waals surface area (Å²) in [5.74, 6) is 0.802. The van der Waals surface area contributed by atoms with Crippen molar-refractivity contribution in [3.63, 3.8) is 0 Å². The van der Waals surface area contributed by atoms with Gasteiger partial charge in [-0.3, -0.25) is 4.79 Å². The molecule has 0 fully saturated rings. The number of aliphatic hydroxyl groups excluding tert-OH is 1. The largest absolute Gasteiger partial charge is 0.395 e. The van der Waals surface area contributed by atoms with Gasteiger partial charge in [-0.05, 0) is 18.6 Å². The zero-order valence-electron chi connectivity index (χ0n) is 8.89.